The molecule has 8 nitrogen and oxygen atoms in total. The van der Waals surface area contributed by atoms with Crippen molar-refractivity contribution in [3.05, 3.63) is 66.1 Å². The number of carbonyl (C=O) groups is 2. The maximum absolute atomic E-state index is 11.9. The fraction of sp³-hybridized carbons (Fsp3) is 0.0588. The number of ether oxygens (including phenoxy) is 1. The normalized spacial score (nSPS) is 10.1. The number of rotatable bonds is 5. The van der Waals surface area contributed by atoms with Crippen molar-refractivity contribution in [3.63, 3.8) is 0 Å². The highest BCUT2D eigenvalue weighted by Crippen LogP contribution is 2.20. The Morgan fingerprint density at radius 1 is 1.00 bits per heavy atom. The van der Waals surface area contributed by atoms with Crippen LogP contribution < -0.4 is 10.6 Å². The molecule has 0 aliphatic carbocycles. The molecule has 0 aliphatic rings. The van der Waals surface area contributed by atoms with Gasteiger partial charge in [-0.15, -0.1) is 10.2 Å². The number of aromatic nitrogens is 2. The molecule has 1 aromatic carbocycles. The van der Waals surface area contributed by atoms with E-state index in [1.165, 1.54) is 13.4 Å². The first kappa shape index (κ1) is 16.2. The van der Waals surface area contributed by atoms with Crippen LogP contribution >= 0.6 is 0 Å². The second-order valence-corrected chi connectivity index (χ2v) is 4.90. The van der Waals surface area contributed by atoms with Gasteiger partial charge in [0.25, 0.3) is 5.91 Å². The molecule has 25 heavy (non-hydrogen) atoms. The van der Waals surface area contributed by atoms with Gasteiger partial charge in [-0.25, -0.2) is 4.79 Å². The monoisotopic (exact) mass is 338 g/mol. The van der Waals surface area contributed by atoms with E-state index in [1.807, 2.05) is 0 Å². The van der Waals surface area contributed by atoms with Crippen LogP contribution in [0.2, 0.25) is 0 Å². The number of amides is 1. The zero-order valence-electron chi connectivity index (χ0n) is 13.2. The van der Waals surface area contributed by atoms with E-state index in [9.17, 15) is 9.59 Å². The lowest BCUT2D eigenvalue weighted by atomic mass is 10.2. The number of benzene rings is 1. The Kier molecular flexibility index (Phi) is 4.70. The number of para-hydroxylation sites is 1. The number of methoxy groups -OCH3 is 1. The third-order valence-electron chi connectivity index (χ3n) is 3.25. The van der Waals surface area contributed by atoms with E-state index in [0.29, 0.717) is 17.1 Å². The largest absolute Gasteiger partial charge is 0.465 e. The summed E-state index contributed by atoms with van der Waals surface area (Å²) >= 11 is 0. The van der Waals surface area contributed by atoms with Gasteiger partial charge < -0.3 is 19.8 Å². The van der Waals surface area contributed by atoms with Gasteiger partial charge in [0.1, 0.15) is 0 Å². The number of esters is 1. The summed E-state index contributed by atoms with van der Waals surface area (Å²) in [5.41, 5.74) is 0.915. The van der Waals surface area contributed by atoms with E-state index in [-0.39, 0.29) is 11.6 Å². The second kappa shape index (κ2) is 7.26. The van der Waals surface area contributed by atoms with E-state index in [2.05, 4.69) is 20.8 Å². The lowest BCUT2D eigenvalue weighted by Gasteiger charge is -2.09. The highest BCUT2D eigenvalue weighted by atomic mass is 16.5. The number of hydrogen-bond donors (Lipinski definition) is 2. The first-order chi connectivity index (χ1) is 12.2. The minimum absolute atomic E-state index is 0.177. The number of furan rings is 1. The molecule has 3 aromatic rings. The average molecular weight is 338 g/mol. The van der Waals surface area contributed by atoms with Crippen LogP contribution in [0.25, 0.3) is 0 Å². The van der Waals surface area contributed by atoms with Gasteiger partial charge in [0.15, 0.2) is 17.4 Å². The summed E-state index contributed by atoms with van der Waals surface area (Å²) in [6, 6.07) is 13.2. The van der Waals surface area contributed by atoms with Gasteiger partial charge in [-0.05, 0) is 36.4 Å². The van der Waals surface area contributed by atoms with Gasteiger partial charge >= 0.3 is 5.97 Å². The molecule has 2 heterocycles. The van der Waals surface area contributed by atoms with Crippen molar-refractivity contribution in [1.29, 1.82) is 0 Å². The molecule has 0 bridgehead atoms. The van der Waals surface area contributed by atoms with E-state index in [1.54, 1.807) is 48.5 Å². The SMILES string of the molecule is COC(=O)c1ccccc1Nc1ccc(NC(=O)c2ccco2)nn1. The van der Waals surface area contributed by atoms with Crippen molar-refractivity contribution < 1.29 is 18.7 Å². The molecule has 2 N–H and O–H groups in total. The summed E-state index contributed by atoms with van der Waals surface area (Å²) in [4.78, 5) is 23.6. The third-order valence-corrected chi connectivity index (χ3v) is 3.25. The molecule has 0 saturated carbocycles. The Labute approximate surface area is 142 Å². The Hall–Kier alpha value is -3.68. The van der Waals surface area contributed by atoms with Gasteiger partial charge in [-0.2, -0.15) is 0 Å². The van der Waals surface area contributed by atoms with Crippen molar-refractivity contribution in [2.75, 3.05) is 17.7 Å². The molecule has 0 fully saturated rings. The van der Waals surface area contributed by atoms with Crippen LogP contribution in [-0.4, -0.2) is 29.2 Å². The van der Waals surface area contributed by atoms with Gasteiger partial charge in [-0.1, -0.05) is 12.1 Å². The van der Waals surface area contributed by atoms with Crippen LogP contribution in [0.1, 0.15) is 20.9 Å². The molecule has 0 atom stereocenters. The summed E-state index contributed by atoms with van der Waals surface area (Å²) in [6.45, 7) is 0. The van der Waals surface area contributed by atoms with E-state index >= 15 is 0 Å². The van der Waals surface area contributed by atoms with Crippen LogP contribution in [0.4, 0.5) is 17.3 Å². The van der Waals surface area contributed by atoms with Gasteiger partial charge in [-0.3, -0.25) is 4.79 Å². The molecule has 1 amide bonds. The lowest BCUT2D eigenvalue weighted by molar-refractivity contribution is 0.0601. The summed E-state index contributed by atoms with van der Waals surface area (Å²) in [7, 11) is 1.31. The number of nitrogens with one attached hydrogen (secondary N) is 2. The minimum Gasteiger partial charge on any atom is -0.465 e. The third kappa shape index (κ3) is 3.81. The number of hydrogen-bond acceptors (Lipinski definition) is 7. The zero-order valence-corrected chi connectivity index (χ0v) is 13.2. The Morgan fingerprint density at radius 2 is 1.76 bits per heavy atom. The van der Waals surface area contributed by atoms with E-state index in [4.69, 9.17) is 9.15 Å². The maximum Gasteiger partial charge on any atom is 0.339 e. The first-order valence-corrected chi connectivity index (χ1v) is 7.30. The smallest absolute Gasteiger partial charge is 0.339 e. The minimum atomic E-state index is -0.460. The summed E-state index contributed by atoms with van der Waals surface area (Å²) in [5.74, 6) is -0.0222. The van der Waals surface area contributed by atoms with Gasteiger partial charge in [0.05, 0.1) is 24.6 Å². The van der Waals surface area contributed by atoms with Crippen molar-refractivity contribution in [2.45, 2.75) is 0 Å². The number of nitrogens with zero attached hydrogens (tertiary/aromatic N) is 2. The summed E-state index contributed by atoms with van der Waals surface area (Å²) in [6.07, 6.45) is 1.41. The Bertz CT molecular complexity index is 876. The maximum atomic E-state index is 11.9. The fourth-order valence-corrected chi connectivity index (χ4v) is 2.07. The van der Waals surface area contributed by atoms with Crippen molar-refractivity contribution in [2.24, 2.45) is 0 Å². The molecule has 0 unspecified atom stereocenters. The van der Waals surface area contributed by atoms with Crippen molar-refractivity contribution in [1.82, 2.24) is 10.2 Å². The number of carbonyl (C=O) groups excluding carboxylic acids is 2. The molecule has 0 saturated heterocycles. The van der Waals surface area contributed by atoms with Crippen LogP contribution in [0.5, 0.6) is 0 Å². The van der Waals surface area contributed by atoms with Crippen molar-refractivity contribution in [3.8, 4) is 0 Å². The molecule has 8 heteroatoms. The van der Waals surface area contributed by atoms with Crippen LogP contribution in [0.15, 0.2) is 59.2 Å². The summed E-state index contributed by atoms with van der Waals surface area (Å²) in [5, 5.41) is 13.4. The molecule has 0 spiro atoms. The highest BCUT2D eigenvalue weighted by molar-refractivity contribution is 6.01. The molecular formula is C17H14N4O4. The van der Waals surface area contributed by atoms with Crippen LogP contribution in [0, 0.1) is 0 Å². The topological polar surface area (TPSA) is 106 Å². The number of anilines is 3. The molecular weight excluding hydrogens is 324 g/mol. The van der Waals surface area contributed by atoms with Gasteiger partial charge in [0.2, 0.25) is 0 Å². The lowest BCUT2D eigenvalue weighted by Crippen LogP contribution is -2.12. The molecule has 3 rings (SSSR count). The average Bonchev–Trinajstić information content (AvgIpc) is 3.18. The molecule has 0 aliphatic heterocycles. The molecule has 0 radical (unpaired) electrons. The van der Waals surface area contributed by atoms with Crippen LogP contribution in [-0.2, 0) is 4.74 Å². The van der Waals surface area contributed by atoms with Crippen LogP contribution in [0.3, 0.4) is 0 Å². The van der Waals surface area contributed by atoms with E-state index < -0.39 is 11.9 Å². The fourth-order valence-electron chi connectivity index (χ4n) is 2.07. The molecule has 2 aromatic heterocycles. The predicted octanol–water partition coefficient (Wildman–Crippen LogP) is 2.85. The quantitative estimate of drug-likeness (QED) is 0.689. The van der Waals surface area contributed by atoms with E-state index in [0.717, 1.165) is 0 Å². The first-order valence-electron chi connectivity index (χ1n) is 7.30. The molecule has 126 valence electrons. The van der Waals surface area contributed by atoms with Gasteiger partial charge in [0, 0.05) is 0 Å². The zero-order chi connectivity index (χ0) is 17.6. The standard InChI is InChI=1S/C17H14N4O4/c1-24-17(23)11-5-2-3-6-12(11)18-14-8-9-15(21-20-14)19-16(22)13-7-4-10-25-13/h2-10H,1H3,(H,18,20)(H,19,21,22). The Morgan fingerprint density at radius 3 is 2.44 bits per heavy atom. The predicted molar refractivity (Wildman–Crippen MR) is 89.8 cm³/mol. The Balaban J connectivity index is 1.71. The highest BCUT2D eigenvalue weighted by Gasteiger charge is 2.12. The van der Waals surface area contributed by atoms with Crippen molar-refractivity contribution >= 4 is 29.2 Å². The second-order valence-electron chi connectivity index (χ2n) is 4.90. The summed E-state index contributed by atoms with van der Waals surface area (Å²) < 4.78 is 9.74.